The van der Waals surface area contributed by atoms with E-state index in [2.05, 4.69) is 20.8 Å². The van der Waals surface area contributed by atoms with E-state index >= 15 is 0 Å². The van der Waals surface area contributed by atoms with Crippen molar-refractivity contribution in [2.45, 2.75) is 59.3 Å². The minimum absolute atomic E-state index is 0.975. The Morgan fingerprint density at radius 2 is 2.00 bits per heavy atom. The average Bonchev–Trinajstić information content (AvgIpc) is 2.03. The van der Waals surface area contributed by atoms with Crippen LogP contribution in [0, 0.1) is 17.8 Å². The zero-order valence-corrected chi connectivity index (χ0v) is 8.97. The molecule has 0 heteroatoms. The van der Waals surface area contributed by atoms with E-state index in [4.69, 9.17) is 0 Å². The summed E-state index contributed by atoms with van der Waals surface area (Å²) in [6.45, 7) is 7.12. The number of rotatable bonds is 5. The van der Waals surface area contributed by atoms with Crippen LogP contribution in [0.1, 0.15) is 59.3 Å². The molecule has 1 aliphatic carbocycles. The van der Waals surface area contributed by atoms with Gasteiger partial charge in [-0.3, -0.25) is 0 Å². The summed E-state index contributed by atoms with van der Waals surface area (Å²) in [6, 6.07) is 0. The van der Waals surface area contributed by atoms with Crippen LogP contribution in [0.3, 0.4) is 0 Å². The lowest BCUT2D eigenvalue weighted by atomic mass is 9.72. The standard InChI is InChI=1S/C12H24/c1-4-5-10(2)6-8-12-9-7-11(12)3/h10-12H,4-9H2,1-3H3. The Bertz CT molecular complexity index is 117. The third-order valence-corrected chi connectivity index (χ3v) is 3.61. The van der Waals surface area contributed by atoms with Gasteiger partial charge in [-0.1, -0.05) is 46.5 Å². The monoisotopic (exact) mass is 168 g/mol. The Kier molecular flexibility index (Phi) is 4.11. The molecule has 3 unspecified atom stereocenters. The summed E-state index contributed by atoms with van der Waals surface area (Å²) in [5, 5.41) is 0. The Morgan fingerprint density at radius 3 is 2.42 bits per heavy atom. The third kappa shape index (κ3) is 2.80. The zero-order valence-electron chi connectivity index (χ0n) is 8.97. The highest BCUT2D eigenvalue weighted by Crippen LogP contribution is 2.37. The van der Waals surface area contributed by atoms with E-state index in [1.54, 1.807) is 0 Å². The first-order chi connectivity index (χ1) is 5.74. The molecule has 0 amide bonds. The Balaban J connectivity index is 2.00. The fourth-order valence-electron chi connectivity index (χ4n) is 2.30. The van der Waals surface area contributed by atoms with Gasteiger partial charge < -0.3 is 0 Å². The van der Waals surface area contributed by atoms with E-state index in [1.165, 1.54) is 38.5 Å². The minimum Gasteiger partial charge on any atom is -0.0654 e. The first-order valence-corrected chi connectivity index (χ1v) is 5.74. The summed E-state index contributed by atoms with van der Waals surface area (Å²) in [7, 11) is 0. The molecular weight excluding hydrogens is 144 g/mol. The lowest BCUT2D eigenvalue weighted by molar-refractivity contribution is 0.171. The lowest BCUT2D eigenvalue weighted by Gasteiger charge is -2.34. The second kappa shape index (κ2) is 4.89. The van der Waals surface area contributed by atoms with Gasteiger partial charge >= 0.3 is 0 Å². The van der Waals surface area contributed by atoms with Crippen molar-refractivity contribution in [2.24, 2.45) is 17.8 Å². The van der Waals surface area contributed by atoms with Gasteiger partial charge in [-0.2, -0.15) is 0 Å². The summed E-state index contributed by atoms with van der Waals surface area (Å²) in [5.41, 5.74) is 0. The summed E-state index contributed by atoms with van der Waals surface area (Å²) in [6.07, 6.45) is 8.78. The molecule has 0 spiro atoms. The van der Waals surface area contributed by atoms with Crippen molar-refractivity contribution in [1.82, 2.24) is 0 Å². The van der Waals surface area contributed by atoms with Crippen molar-refractivity contribution in [3.8, 4) is 0 Å². The molecule has 1 saturated carbocycles. The van der Waals surface area contributed by atoms with Crippen LogP contribution in [-0.4, -0.2) is 0 Å². The minimum atomic E-state index is 0.975. The fraction of sp³-hybridized carbons (Fsp3) is 1.00. The molecule has 0 saturated heterocycles. The number of hydrogen-bond acceptors (Lipinski definition) is 0. The second-order valence-corrected chi connectivity index (χ2v) is 4.79. The van der Waals surface area contributed by atoms with Crippen molar-refractivity contribution < 1.29 is 0 Å². The summed E-state index contributed by atoms with van der Waals surface area (Å²) >= 11 is 0. The maximum atomic E-state index is 2.42. The SMILES string of the molecule is CCCC(C)CCC1CCC1C. The first kappa shape index (κ1) is 10.1. The van der Waals surface area contributed by atoms with Gasteiger partial charge in [0, 0.05) is 0 Å². The number of hydrogen-bond donors (Lipinski definition) is 0. The van der Waals surface area contributed by atoms with Crippen molar-refractivity contribution >= 4 is 0 Å². The third-order valence-electron chi connectivity index (χ3n) is 3.61. The average molecular weight is 168 g/mol. The molecule has 3 atom stereocenters. The molecule has 0 aromatic rings. The molecule has 0 nitrogen and oxygen atoms in total. The zero-order chi connectivity index (χ0) is 8.97. The summed E-state index contributed by atoms with van der Waals surface area (Å²) < 4.78 is 0. The largest absolute Gasteiger partial charge is 0.0654 e. The Morgan fingerprint density at radius 1 is 1.25 bits per heavy atom. The molecule has 0 bridgehead atoms. The molecule has 0 radical (unpaired) electrons. The van der Waals surface area contributed by atoms with Crippen molar-refractivity contribution in [1.29, 1.82) is 0 Å². The van der Waals surface area contributed by atoms with Gasteiger partial charge in [0.2, 0.25) is 0 Å². The van der Waals surface area contributed by atoms with E-state index in [0.29, 0.717) is 0 Å². The molecule has 1 fully saturated rings. The van der Waals surface area contributed by atoms with Crippen LogP contribution >= 0.6 is 0 Å². The smallest absolute Gasteiger partial charge is 0.0388 e. The van der Waals surface area contributed by atoms with Gasteiger partial charge in [-0.15, -0.1) is 0 Å². The second-order valence-electron chi connectivity index (χ2n) is 4.79. The van der Waals surface area contributed by atoms with Crippen LogP contribution in [0.2, 0.25) is 0 Å². The van der Waals surface area contributed by atoms with E-state index in [-0.39, 0.29) is 0 Å². The highest BCUT2D eigenvalue weighted by atomic mass is 14.3. The van der Waals surface area contributed by atoms with Gasteiger partial charge in [0.25, 0.3) is 0 Å². The molecule has 0 aromatic heterocycles. The molecule has 72 valence electrons. The van der Waals surface area contributed by atoms with Crippen LogP contribution in [0.25, 0.3) is 0 Å². The van der Waals surface area contributed by atoms with E-state index in [9.17, 15) is 0 Å². The molecular formula is C12H24. The Labute approximate surface area is 77.7 Å². The molecule has 1 rings (SSSR count). The maximum Gasteiger partial charge on any atom is -0.0388 e. The normalized spacial score (nSPS) is 31.2. The predicted octanol–water partition coefficient (Wildman–Crippen LogP) is 4.25. The highest BCUT2D eigenvalue weighted by molar-refractivity contribution is 4.77. The predicted molar refractivity (Wildman–Crippen MR) is 55.2 cm³/mol. The molecule has 12 heavy (non-hydrogen) atoms. The van der Waals surface area contributed by atoms with Crippen molar-refractivity contribution in [2.75, 3.05) is 0 Å². The molecule has 1 aliphatic rings. The van der Waals surface area contributed by atoms with Crippen LogP contribution in [-0.2, 0) is 0 Å². The van der Waals surface area contributed by atoms with Gasteiger partial charge in [0.05, 0.1) is 0 Å². The fourth-order valence-corrected chi connectivity index (χ4v) is 2.30. The maximum absolute atomic E-state index is 2.42. The lowest BCUT2D eigenvalue weighted by Crippen LogP contribution is -2.23. The quantitative estimate of drug-likeness (QED) is 0.575. The van der Waals surface area contributed by atoms with Gasteiger partial charge in [-0.05, 0) is 30.6 Å². The Hall–Kier alpha value is 0. The topological polar surface area (TPSA) is 0 Å². The molecule has 0 N–H and O–H groups in total. The molecule has 0 aromatic carbocycles. The van der Waals surface area contributed by atoms with Gasteiger partial charge in [-0.25, -0.2) is 0 Å². The van der Waals surface area contributed by atoms with E-state index in [0.717, 1.165) is 17.8 Å². The van der Waals surface area contributed by atoms with Crippen LogP contribution in [0.5, 0.6) is 0 Å². The van der Waals surface area contributed by atoms with Crippen LogP contribution < -0.4 is 0 Å². The first-order valence-electron chi connectivity index (χ1n) is 5.74. The summed E-state index contributed by atoms with van der Waals surface area (Å²) in [5.74, 6) is 3.10. The molecule has 0 heterocycles. The highest BCUT2D eigenvalue weighted by Gasteiger charge is 2.26. The van der Waals surface area contributed by atoms with Crippen molar-refractivity contribution in [3.05, 3.63) is 0 Å². The molecule has 0 aliphatic heterocycles. The van der Waals surface area contributed by atoms with Crippen LogP contribution in [0.4, 0.5) is 0 Å². The van der Waals surface area contributed by atoms with Crippen molar-refractivity contribution in [3.63, 3.8) is 0 Å². The van der Waals surface area contributed by atoms with E-state index in [1.807, 2.05) is 0 Å². The van der Waals surface area contributed by atoms with Gasteiger partial charge in [0.15, 0.2) is 0 Å². The van der Waals surface area contributed by atoms with E-state index < -0.39 is 0 Å². The van der Waals surface area contributed by atoms with Crippen LogP contribution in [0.15, 0.2) is 0 Å². The summed E-state index contributed by atoms with van der Waals surface area (Å²) in [4.78, 5) is 0. The van der Waals surface area contributed by atoms with Gasteiger partial charge in [0.1, 0.15) is 0 Å².